The zero-order chi connectivity index (χ0) is 35.4. The lowest BCUT2D eigenvalue weighted by Crippen LogP contribution is -2.57. The first kappa shape index (κ1) is 31.0. The third-order valence-corrected chi connectivity index (χ3v) is 18.5. The predicted octanol–water partition coefficient (Wildman–Crippen LogP) is 11.1. The van der Waals surface area contributed by atoms with Gasteiger partial charge in [-0.05, 0) is 188 Å². The van der Waals surface area contributed by atoms with E-state index in [9.17, 15) is 0 Å². The minimum absolute atomic E-state index is 0.272. The van der Waals surface area contributed by atoms with Crippen molar-refractivity contribution in [2.45, 2.75) is 129 Å². The molecule has 16 rings (SSSR count). The molecule has 0 N–H and O–H groups in total. The van der Waals surface area contributed by atoms with Crippen LogP contribution in [0.5, 0.6) is 0 Å². The summed E-state index contributed by atoms with van der Waals surface area (Å²) in [7, 11) is 0. The second-order valence-corrected chi connectivity index (χ2v) is 21.4. The Balaban J connectivity index is 0.970. The van der Waals surface area contributed by atoms with Gasteiger partial charge in [0.05, 0.1) is 22.8 Å². The second kappa shape index (κ2) is 9.45. The zero-order valence-electron chi connectivity index (χ0n) is 32.4. The van der Waals surface area contributed by atoms with Gasteiger partial charge in [0.1, 0.15) is 0 Å². The van der Waals surface area contributed by atoms with Crippen LogP contribution in [-0.4, -0.2) is 19.9 Å². The molecule has 0 saturated heterocycles. The van der Waals surface area contributed by atoms with Gasteiger partial charge in [-0.25, -0.2) is 0 Å². The Morgan fingerprint density at radius 2 is 0.750 bits per heavy atom. The van der Waals surface area contributed by atoms with Crippen LogP contribution in [0.25, 0.3) is 22.8 Å². The first-order valence-corrected chi connectivity index (χ1v) is 20.7. The van der Waals surface area contributed by atoms with Crippen molar-refractivity contribution in [1.29, 1.82) is 0 Å². The van der Waals surface area contributed by atoms with Gasteiger partial charge in [0, 0.05) is 24.8 Å². The van der Waals surface area contributed by atoms with Gasteiger partial charge in [0.25, 0.3) is 0 Å². The fraction of sp³-hybridized carbons (Fsp3) is 0.583. The molecule has 4 aromatic heterocycles. The molecule has 0 aromatic carbocycles. The van der Waals surface area contributed by atoms with Crippen LogP contribution in [0, 0.1) is 45.3 Å². The Bertz CT molecular complexity index is 2100. The summed E-state index contributed by atoms with van der Waals surface area (Å²) < 4.78 is 0. The number of hydrogen-bond acceptors (Lipinski definition) is 4. The summed E-state index contributed by atoms with van der Waals surface area (Å²) in [6, 6.07) is 9.83. The zero-order valence-corrected chi connectivity index (χ0v) is 32.4. The lowest BCUT2D eigenvalue weighted by molar-refractivity contribution is -0.0648. The minimum Gasteiger partial charge on any atom is -0.254 e. The number of hydrogen-bond donors (Lipinski definition) is 0. The first-order valence-electron chi connectivity index (χ1n) is 20.7. The SMILES string of the molecule is CC1(C)[C@@H]2Cc3cc(-c4cc5c(cn4)[C@@H]4C[C@H]([C@@H]5[C@@H]5c6cc(-c7cc8c(cn7)[C@@H]7C[C@H](C8)C7(C)C)ncc6[C@H]6C[C@H]5C6(C)C)C4(C)C)ncc3[C@H]1C2. The van der Waals surface area contributed by atoms with Crippen molar-refractivity contribution >= 4 is 0 Å². The van der Waals surface area contributed by atoms with Crippen molar-refractivity contribution in [2.24, 2.45) is 45.3 Å². The molecule has 266 valence electrons. The quantitative estimate of drug-likeness (QED) is 0.215. The van der Waals surface area contributed by atoms with E-state index in [2.05, 4.69) is 104 Å². The average Bonchev–Trinajstić information content (AvgIpc) is 3.14. The summed E-state index contributed by atoms with van der Waals surface area (Å²) in [4.78, 5) is 20.7. The van der Waals surface area contributed by atoms with E-state index in [1.54, 1.807) is 11.1 Å². The van der Waals surface area contributed by atoms with Gasteiger partial charge in [-0.15, -0.1) is 0 Å². The lowest BCUT2D eigenvalue weighted by atomic mass is 9.36. The number of fused-ring (bicyclic) bond motifs is 1. The van der Waals surface area contributed by atoms with E-state index in [0.29, 0.717) is 58.2 Å². The smallest absolute Gasteiger partial charge is 0.0889 e. The van der Waals surface area contributed by atoms with E-state index >= 15 is 0 Å². The average molecular weight is 687 g/mol. The number of aromatic nitrogens is 4. The molecule has 12 aliphatic carbocycles. The van der Waals surface area contributed by atoms with E-state index in [0.717, 1.165) is 34.6 Å². The highest BCUT2D eigenvalue weighted by Crippen LogP contribution is 2.75. The van der Waals surface area contributed by atoms with E-state index in [4.69, 9.17) is 19.9 Å². The molecule has 4 aromatic rings. The van der Waals surface area contributed by atoms with Crippen LogP contribution in [0.4, 0.5) is 0 Å². The largest absolute Gasteiger partial charge is 0.254 e. The molecule has 0 unspecified atom stereocenters. The molecule has 52 heavy (non-hydrogen) atoms. The Hall–Kier alpha value is -3.40. The monoisotopic (exact) mass is 686 g/mol. The van der Waals surface area contributed by atoms with Crippen LogP contribution in [-0.2, 0) is 12.8 Å². The first-order chi connectivity index (χ1) is 24.7. The molecular formula is C48H54N4. The Morgan fingerprint density at radius 1 is 0.404 bits per heavy atom. The topological polar surface area (TPSA) is 51.6 Å². The summed E-state index contributed by atoms with van der Waals surface area (Å²) in [5, 5.41) is 0. The van der Waals surface area contributed by atoms with Gasteiger partial charge in [-0.3, -0.25) is 19.9 Å². The maximum atomic E-state index is 5.22. The van der Waals surface area contributed by atoms with Gasteiger partial charge in [0.15, 0.2) is 0 Å². The molecule has 0 amide bonds. The van der Waals surface area contributed by atoms with Crippen molar-refractivity contribution in [3.05, 3.63) is 93.6 Å². The molecule has 4 saturated carbocycles. The van der Waals surface area contributed by atoms with Gasteiger partial charge in [0.2, 0.25) is 0 Å². The molecule has 0 radical (unpaired) electrons. The van der Waals surface area contributed by atoms with Crippen LogP contribution in [0.2, 0.25) is 0 Å². The fourth-order valence-corrected chi connectivity index (χ4v) is 14.5. The maximum absolute atomic E-state index is 5.22. The van der Waals surface area contributed by atoms with E-state index in [-0.39, 0.29) is 10.8 Å². The van der Waals surface area contributed by atoms with E-state index in [1.807, 2.05) is 0 Å². The maximum Gasteiger partial charge on any atom is 0.0889 e. The summed E-state index contributed by atoms with van der Waals surface area (Å²) in [6.45, 7) is 20.0. The van der Waals surface area contributed by atoms with E-state index in [1.165, 1.54) is 71.9 Å². The third kappa shape index (κ3) is 3.58. The molecule has 0 spiro atoms. The standard InChI is InChI=1S/C48H54N4/c1-45(2)25-9-23-11-39(49-19-29(23)33(45)13-25)41-15-27-31(21-51-41)35-17-37(47(35,5)6)43(27)44-28-16-42(52-22-32(28)36-18-38(44)48(36,7)8)40-12-24-10-26-14-34(46(26,3)4)30(24)20-50-40/h11-12,15-16,19-22,25-26,33-38,43-44H,9-10,13-14,17-18H2,1-8H3/t25-,26+,33-,34+,35+,36-,37-,38-,43-,44-/m1/s1. The van der Waals surface area contributed by atoms with Gasteiger partial charge in [-0.2, -0.15) is 0 Å². The molecule has 0 aliphatic heterocycles. The Labute approximate surface area is 310 Å². The summed E-state index contributed by atoms with van der Waals surface area (Å²) in [6.07, 6.45) is 16.6. The molecule has 10 atom stereocenters. The fourth-order valence-electron chi connectivity index (χ4n) is 14.5. The second-order valence-electron chi connectivity index (χ2n) is 21.4. The predicted molar refractivity (Wildman–Crippen MR) is 206 cm³/mol. The molecule has 4 nitrogen and oxygen atoms in total. The van der Waals surface area contributed by atoms with Crippen LogP contribution >= 0.6 is 0 Å². The van der Waals surface area contributed by atoms with Crippen LogP contribution < -0.4 is 0 Å². The van der Waals surface area contributed by atoms with Crippen molar-refractivity contribution in [3.8, 4) is 22.8 Å². The minimum atomic E-state index is 0.272. The summed E-state index contributed by atoms with van der Waals surface area (Å²) in [5.74, 6) is 6.34. The summed E-state index contributed by atoms with van der Waals surface area (Å²) >= 11 is 0. The normalized spacial score (nSPS) is 37.4. The molecule has 4 heteroatoms. The van der Waals surface area contributed by atoms with Crippen LogP contribution in [0.1, 0.15) is 161 Å². The van der Waals surface area contributed by atoms with Crippen molar-refractivity contribution in [1.82, 2.24) is 19.9 Å². The highest BCUT2D eigenvalue weighted by molar-refractivity contribution is 5.64. The highest BCUT2D eigenvalue weighted by atomic mass is 14.8. The molecule has 4 heterocycles. The highest BCUT2D eigenvalue weighted by Gasteiger charge is 2.65. The molecule has 12 aliphatic rings. The van der Waals surface area contributed by atoms with Crippen molar-refractivity contribution in [2.75, 3.05) is 0 Å². The van der Waals surface area contributed by atoms with Crippen molar-refractivity contribution < 1.29 is 0 Å². The van der Waals surface area contributed by atoms with Crippen LogP contribution in [0.3, 0.4) is 0 Å². The lowest BCUT2D eigenvalue weighted by Gasteiger charge is -2.67. The number of rotatable bonds is 3. The molecule has 4 fully saturated rings. The van der Waals surface area contributed by atoms with Crippen LogP contribution in [0.15, 0.2) is 49.1 Å². The molecule has 8 bridgehead atoms. The van der Waals surface area contributed by atoms with E-state index < -0.39 is 0 Å². The Morgan fingerprint density at radius 3 is 1.12 bits per heavy atom. The number of pyridine rings is 4. The molecular weight excluding hydrogens is 633 g/mol. The third-order valence-electron chi connectivity index (χ3n) is 18.5. The van der Waals surface area contributed by atoms with Gasteiger partial charge in [-0.1, -0.05) is 55.4 Å². The van der Waals surface area contributed by atoms with Gasteiger partial charge >= 0.3 is 0 Å². The van der Waals surface area contributed by atoms with Gasteiger partial charge < -0.3 is 0 Å². The number of nitrogens with zero attached hydrogens (tertiary/aromatic N) is 4. The van der Waals surface area contributed by atoms with Crippen molar-refractivity contribution in [3.63, 3.8) is 0 Å². The summed E-state index contributed by atoms with van der Waals surface area (Å²) in [5.41, 5.74) is 17.8. The Kier molecular flexibility index (Phi) is 5.63.